The van der Waals surface area contributed by atoms with Gasteiger partial charge >= 0.3 is 0 Å². The van der Waals surface area contributed by atoms with E-state index in [1.807, 2.05) is 6.07 Å². The minimum Gasteiger partial charge on any atom is -0.354 e. The first kappa shape index (κ1) is 17.1. The molecule has 0 aliphatic heterocycles. The van der Waals surface area contributed by atoms with Crippen molar-refractivity contribution in [3.63, 3.8) is 0 Å². The van der Waals surface area contributed by atoms with Crippen molar-refractivity contribution in [2.75, 3.05) is 5.32 Å². The van der Waals surface area contributed by atoms with Gasteiger partial charge in [-0.3, -0.25) is 4.98 Å². The maximum absolute atomic E-state index is 13.5. The Balaban J connectivity index is 1.56. The molecule has 0 amide bonds. The predicted molar refractivity (Wildman–Crippen MR) is 108 cm³/mol. The van der Waals surface area contributed by atoms with Crippen LogP contribution in [0.5, 0.6) is 0 Å². The first-order chi connectivity index (χ1) is 13.7. The lowest BCUT2D eigenvalue weighted by Crippen LogP contribution is -2.42. The van der Waals surface area contributed by atoms with E-state index in [4.69, 9.17) is 10.7 Å². The second-order valence-electron chi connectivity index (χ2n) is 7.43. The van der Waals surface area contributed by atoms with Gasteiger partial charge in [0.1, 0.15) is 5.82 Å². The van der Waals surface area contributed by atoms with Crippen LogP contribution in [0.25, 0.3) is 33.1 Å². The lowest BCUT2D eigenvalue weighted by Gasteiger charge is -2.29. The van der Waals surface area contributed by atoms with Crippen molar-refractivity contribution < 1.29 is 4.39 Å². The number of aromatic nitrogens is 4. The molecule has 28 heavy (non-hydrogen) atoms. The lowest BCUT2D eigenvalue weighted by atomic mass is 9.91. The summed E-state index contributed by atoms with van der Waals surface area (Å²) in [5, 5.41) is 5.19. The summed E-state index contributed by atoms with van der Waals surface area (Å²) >= 11 is 0. The Morgan fingerprint density at radius 2 is 1.96 bits per heavy atom. The number of hydrogen-bond acceptors (Lipinski definition) is 5. The number of H-pyrrole nitrogens is 1. The number of benzene rings is 1. The number of nitrogens with one attached hydrogen (secondary N) is 2. The van der Waals surface area contributed by atoms with Gasteiger partial charge in [-0.1, -0.05) is 12.8 Å². The van der Waals surface area contributed by atoms with Gasteiger partial charge in [0.25, 0.3) is 0 Å². The van der Waals surface area contributed by atoms with E-state index in [9.17, 15) is 4.39 Å². The highest BCUT2D eigenvalue weighted by atomic mass is 19.1. The number of hydrogen-bond donors (Lipinski definition) is 3. The molecular weight excluding hydrogens is 355 g/mol. The quantitative estimate of drug-likeness (QED) is 0.503. The Morgan fingerprint density at radius 1 is 1.07 bits per heavy atom. The van der Waals surface area contributed by atoms with Crippen LogP contribution in [0.4, 0.5) is 10.3 Å². The lowest BCUT2D eigenvalue weighted by molar-refractivity contribution is 0.402. The van der Waals surface area contributed by atoms with Crippen molar-refractivity contribution in [3.05, 3.63) is 48.7 Å². The summed E-state index contributed by atoms with van der Waals surface area (Å²) in [6.45, 7) is 0. The van der Waals surface area contributed by atoms with Gasteiger partial charge in [0.05, 0.1) is 11.2 Å². The number of aromatic amines is 1. The van der Waals surface area contributed by atoms with Crippen molar-refractivity contribution >= 4 is 27.8 Å². The SMILES string of the molecule is N[C@@H]1CCCC[C@@H]1Nc1ncc2cncc(-c3cc4ccc(F)cc4[nH]3)c2n1. The highest BCUT2D eigenvalue weighted by Gasteiger charge is 2.22. The fourth-order valence-electron chi connectivity index (χ4n) is 3.97. The molecule has 0 spiro atoms. The Kier molecular flexibility index (Phi) is 4.16. The van der Waals surface area contributed by atoms with E-state index in [1.54, 1.807) is 24.7 Å². The van der Waals surface area contributed by atoms with Gasteiger partial charge in [-0.05, 0) is 37.1 Å². The van der Waals surface area contributed by atoms with Gasteiger partial charge in [-0.15, -0.1) is 0 Å². The topological polar surface area (TPSA) is 92.5 Å². The number of rotatable bonds is 3. The highest BCUT2D eigenvalue weighted by molar-refractivity contribution is 5.95. The number of halogens is 1. The van der Waals surface area contributed by atoms with Crippen molar-refractivity contribution in [1.29, 1.82) is 0 Å². The zero-order chi connectivity index (χ0) is 19.1. The molecule has 1 aliphatic rings. The summed E-state index contributed by atoms with van der Waals surface area (Å²) in [6, 6.07) is 7.00. The van der Waals surface area contributed by atoms with Crippen LogP contribution in [0.3, 0.4) is 0 Å². The van der Waals surface area contributed by atoms with Gasteiger partial charge in [0.2, 0.25) is 5.95 Å². The standard InChI is InChI=1S/C21H21FN6/c22-14-6-5-12-7-19(26-18(12)8-14)15-11-24-9-13-10-25-21(28-20(13)15)27-17-4-2-1-3-16(17)23/h5-11,16-17,26H,1-4,23H2,(H,25,27,28)/t16-,17+/m1/s1. The molecule has 5 rings (SSSR count). The molecule has 7 heteroatoms. The maximum Gasteiger partial charge on any atom is 0.223 e. The minimum atomic E-state index is -0.269. The van der Waals surface area contributed by atoms with Gasteiger partial charge in [-0.25, -0.2) is 14.4 Å². The van der Waals surface area contributed by atoms with Gasteiger partial charge < -0.3 is 16.0 Å². The molecule has 142 valence electrons. The fourth-order valence-corrected chi connectivity index (χ4v) is 3.97. The normalized spacial score (nSPS) is 19.9. The summed E-state index contributed by atoms with van der Waals surface area (Å²) in [5.74, 6) is 0.305. The maximum atomic E-state index is 13.5. The summed E-state index contributed by atoms with van der Waals surface area (Å²) in [5.41, 5.74) is 9.49. The molecular formula is C21H21FN6. The summed E-state index contributed by atoms with van der Waals surface area (Å²) in [7, 11) is 0. The molecule has 6 nitrogen and oxygen atoms in total. The molecule has 0 unspecified atom stereocenters. The third-order valence-electron chi connectivity index (χ3n) is 5.50. The van der Waals surface area contributed by atoms with E-state index in [0.717, 1.165) is 45.9 Å². The van der Waals surface area contributed by atoms with Crippen LogP contribution >= 0.6 is 0 Å². The van der Waals surface area contributed by atoms with E-state index in [1.165, 1.54) is 25.0 Å². The van der Waals surface area contributed by atoms with Crippen molar-refractivity contribution in [1.82, 2.24) is 19.9 Å². The third-order valence-corrected chi connectivity index (χ3v) is 5.50. The first-order valence-electron chi connectivity index (χ1n) is 9.59. The van der Waals surface area contributed by atoms with Crippen molar-refractivity contribution in [3.8, 4) is 11.3 Å². The van der Waals surface area contributed by atoms with Crippen molar-refractivity contribution in [2.45, 2.75) is 37.8 Å². The molecule has 0 radical (unpaired) electrons. The summed E-state index contributed by atoms with van der Waals surface area (Å²) in [4.78, 5) is 16.8. The number of fused-ring (bicyclic) bond motifs is 2. The van der Waals surface area contributed by atoms with Crippen LogP contribution < -0.4 is 11.1 Å². The number of nitrogens with zero attached hydrogens (tertiary/aromatic N) is 3. The van der Waals surface area contributed by atoms with Crippen LogP contribution in [0.1, 0.15) is 25.7 Å². The summed E-state index contributed by atoms with van der Waals surface area (Å²) < 4.78 is 13.5. The molecule has 2 atom stereocenters. The molecule has 1 saturated carbocycles. The predicted octanol–water partition coefficient (Wildman–Crippen LogP) is 3.99. The zero-order valence-electron chi connectivity index (χ0n) is 15.3. The third kappa shape index (κ3) is 3.07. The molecule has 3 aromatic heterocycles. The number of pyridine rings is 1. The minimum absolute atomic E-state index is 0.119. The van der Waals surface area contributed by atoms with Crippen LogP contribution in [0.15, 0.2) is 42.9 Å². The van der Waals surface area contributed by atoms with Gasteiger partial charge in [0.15, 0.2) is 0 Å². The molecule has 1 fully saturated rings. The molecule has 3 heterocycles. The fraction of sp³-hybridized carbons (Fsp3) is 0.286. The highest BCUT2D eigenvalue weighted by Crippen LogP contribution is 2.29. The average molecular weight is 376 g/mol. The molecule has 0 bridgehead atoms. The smallest absolute Gasteiger partial charge is 0.223 e. The monoisotopic (exact) mass is 376 g/mol. The van der Waals surface area contributed by atoms with E-state index in [2.05, 4.69) is 20.3 Å². The largest absolute Gasteiger partial charge is 0.354 e. The first-order valence-corrected chi connectivity index (χ1v) is 9.59. The van der Waals surface area contributed by atoms with Crippen LogP contribution in [0.2, 0.25) is 0 Å². The molecule has 4 N–H and O–H groups in total. The Morgan fingerprint density at radius 3 is 2.86 bits per heavy atom. The second-order valence-corrected chi connectivity index (χ2v) is 7.43. The molecule has 1 aromatic carbocycles. The van der Waals surface area contributed by atoms with E-state index in [0.29, 0.717) is 5.95 Å². The second kappa shape index (κ2) is 6.83. The Labute approximate surface area is 161 Å². The van der Waals surface area contributed by atoms with Gasteiger partial charge in [-0.2, -0.15) is 0 Å². The Bertz CT molecular complexity index is 1150. The average Bonchev–Trinajstić information content (AvgIpc) is 3.12. The van der Waals surface area contributed by atoms with Crippen LogP contribution in [-0.4, -0.2) is 32.0 Å². The van der Waals surface area contributed by atoms with E-state index >= 15 is 0 Å². The molecule has 4 aromatic rings. The molecule has 0 saturated heterocycles. The number of nitrogens with two attached hydrogens (primary N) is 1. The van der Waals surface area contributed by atoms with Crippen LogP contribution in [0, 0.1) is 5.82 Å². The van der Waals surface area contributed by atoms with Crippen LogP contribution in [-0.2, 0) is 0 Å². The van der Waals surface area contributed by atoms with E-state index in [-0.39, 0.29) is 17.9 Å². The molecule has 1 aliphatic carbocycles. The number of anilines is 1. The summed E-state index contributed by atoms with van der Waals surface area (Å²) in [6.07, 6.45) is 9.68. The zero-order valence-corrected chi connectivity index (χ0v) is 15.3. The van der Waals surface area contributed by atoms with Crippen molar-refractivity contribution in [2.24, 2.45) is 5.73 Å². The van der Waals surface area contributed by atoms with E-state index < -0.39 is 0 Å². The van der Waals surface area contributed by atoms with Gasteiger partial charge in [0, 0.05) is 52.5 Å². The Hall–Kier alpha value is -3.06.